The summed E-state index contributed by atoms with van der Waals surface area (Å²) < 4.78 is 0. The predicted molar refractivity (Wildman–Crippen MR) is 77.1 cm³/mol. The minimum Gasteiger partial charge on any atom is -0.378 e. The van der Waals surface area contributed by atoms with Crippen molar-refractivity contribution in [1.29, 1.82) is 0 Å². The lowest BCUT2D eigenvalue weighted by molar-refractivity contribution is -0.383. The summed E-state index contributed by atoms with van der Waals surface area (Å²) in [7, 11) is 0. The predicted octanol–water partition coefficient (Wildman–Crippen LogP) is 2.83. The number of nitro groups is 1. The third kappa shape index (κ3) is 2.90. The molecule has 0 saturated heterocycles. The molecule has 1 heterocycles. The average Bonchev–Trinajstić information content (AvgIpc) is 2.37. The quantitative estimate of drug-likeness (QED) is 0.682. The Morgan fingerprint density at radius 2 is 2.10 bits per heavy atom. The molecule has 0 atom stereocenters. The summed E-state index contributed by atoms with van der Waals surface area (Å²) in [6.45, 7) is 4.25. The Morgan fingerprint density at radius 1 is 1.35 bits per heavy atom. The highest BCUT2D eigenvalue weighted by atomic mass is 16.6. The Hall–Kier alpha value is -2.50. The summed E-state index contributed by atoms with van der Waals surface area (Å²) >= 11 is 0. The number of benzene rings is 1. The highest BCUT2D eigenvalue weighted by molar-refractivity contribution is 5.75. The summed E-state index contributed by atoms with van der Waals surface area (Å²) in [5.41, 5.74) is 7.40. The van der Waals surface area contributed by atoms with Crippen molar-refractivity contribution < 1.29 is 4.92 Å². The van der Waals surface area contributed by atoms with E-state index in [9.17, 15) is 10.1 Å². The normalized spacial score (nSPS) is 10.8. The fourth-order valence-electron chi connectivity index (χ4n) is 2.10. The minimum absolute atomic E-state index is 0.116. The van der Waals surface area contributed by atoms with E-state index in [1.807, 2.05) is 18.2 Å². The number of anilines is 1. The van der Waals surface area contributed by atoms with Gasteiger partial charge in [0.15, 0.2) is 5.69 Å². The van der Waals surface area contributed by atoms with Crippen molar-refractivity contribution in [1.82, 2.24) is 9.97 Å². The lowest BCUT2D eigenvalue weighted by atomic mass is 9.99. The summed E-state index contributed by atoms with van der Waals surface area (Å²) in [5.74, 6) is 0.393. The van der Waals surface area contributed by atoms with E-state index in [0.717, 1.165) is 12.0 Å². The van der Waals surface area contributed by atoms with Crippen molar-refractivity contribution in [3.63, 3.8) is 0 Å². The van der Waals surface area contributed by atoms with E-state index >= 15 is 0 Å². The van der Waals surface area contributed by atoms with Gasteiger partial charge in [0.1, 0.15) is 6.33 Å². The molecular formula is C14H16N4O2. The number of hydrogen-bond donors (Lipinski definition) is 1. The van der Waals surface area contributed by atoms with Crippen LogP contribution < -0.4 is 5.73 Å². The summed E-state index contributed by atoms with van der Waals surface area (Å²) in [5, 5.41) is 11.1. The second-order valence-corrected chi connectivity index (χ2v) is 5.01. The van der Waals surface area contributed by atoms with Crippen LogP contribution in [-0.4, -0.2) is 14.9 Å². The number of nitrogens with zero attached hydrogens (tertiary/aromatic N) is 3. The smallest absolute Gasteiger partial charge is 0.337 e. The Bertz CT molecular complexity index is 641. The summed E-state index contributed by atoms with van der Waals surface area (Å²) in [6.07, 6.45) is 2.15. The van der Waals surface area contributed by atoms with Gasteiger partial charge in [-0.2, -0.15) is 0 Å². The van der Waals surface area contributed by atoms with Gasteiger partial charge in [-0.25, -0.2) is 9.97 Å². The largest absolute Gasteiger partial charge is 0.378 e. The molecule has 1 aromatic heterocycles. The Balaban J connectivity index is 2.52. The van der Waals surface area contributed by atoms with Gasteiger partial charge in [0.25, 0.3) is 0 Å². The zero-order valence-electron chi connectivity index (χ0n) is 11.4. The van der Waals surface area contributed by atoms with E-state index < -0.39 is 4.92 Å². The van der Waals surface area contributed by atoms with Gasteiger partial charge in [0.05, 0.1) is 4.92 Å². The third-order valence-electron chi connectivity index (χ3n) is 2.88. The lowest BCUT2D eigenvalue weighted by Crippen LogP contribution is -2.03. The van der Waals surface area contributed by atoms with Crippen LogP contribution in [0, 0.1) is 16.0 Å². The summed E-state index contributed by atoms with van der Waals surface area (Å²) in [6, 6.07) is 7.57. The first-order valence-electron chi connectivity index (χ1n) is 6.33. The van der Waals surface area contributed by atoms with Crippen molar-refractivity contribution in [2.24, 2.45) is 5.92 Å². The number of aromatic nitrogens is 2. The first kappa shape index (κ1) is 13.9. The molecule has 2 N–H and O–H groups in total. The standard InChI is InChI=1S/C14H16N4O2/c1-9(2)6-10-4-3-5-11(7-10)12-13(18(19)20)14(15)17-8-16-12/h3-5,7-9H,6H2,1-2H3,(H2,15,16,17). The molecule has 20 heavy (non-hydrogen) atoms. The van der Waals surface area contributed by atoms with Crippen molar-refractivity contribution in [3.05, 3.63) is 46.3 Å². The van der Waals surface area contributed by atoms with Crippen LogP contribution in [-0.2, 0) is 6.42 Å². The molecule has 1 aromatic carbocycles. The maximum atomic E-state index is 11.1. The Kier molecular flexibility index (Phi) is 3.93. The van der Waals surface area contributed by atoms with Gasteiger partial charge in [-0.3, -0.25) is 10.1 Å². The van der Waals surface area contributed by atoms with Crippen molar-refractivity contribution in [2.45, 2.75) is 20.3 Å². The Labute approximate surface area is 116 Å². The summed E-state index contributed by atoms with van der Waals surface area (Å²) in [4.78, 5) is 18.3. The van der Waals surface area contributed by atoms with Gasteiger partial charge in [0, 0.05) is 5.56 Å². The third-order valence-corrected chi connectivity index (χ3v) is 2.88. The Morgan fingerprint density at radius 3 is 2.75 bits per heavy atom. The molecule has 0 aliphatic rings. The molecular weight excluding hydrogens is 256 g/mol. The molecule has 0 bridgehead atoms. The van der Waals surface area contributed by atoms with Gasteiger partial charge < -0.3 is 5.73 Å². The van der Waals surface area contributed by atoms with Gasteiger partial charge in [-0.05, 0) is 24.0 Å². The molecule has 0 unspecified atom stereocenters. The van der Waals surface area contributed by atoms with Crippen molar-refractivity contribution in [3.8, 4) is 11.3 Å². The molecule has 0 aliphatic heterocycles. The van der Waals surface area contributed by atoms with Crippen LogP contribution in [0.2, 0.25) is 0 Å². The van der Waals surface area contributed by atoms with E-state index in [4.69, 9.17) is 5.73 Å². The fraction of sp³-hybridized carbons (Fsp3) is 0.286. The van der Waals surface area contributed by atoms with E-state index in [2.05, 4.69) is 23.8 Å². The van der Waals surface area contributed by atoms with Gasteiger partial charge >= 0.3 is 5.69 Å². The van der Waals surface area contributed by atoms with E-state index in [1.165, 1.54) is 6.33 Å². The number of rotatable bonds is 4. The molecule has 0 saturated carbocycles. The van der Waals surface area contributed by atoms with Crippen LogP contribution in [0.1, 0.15) is 19.4 Å². The van der Waals surface area contributed by atoms with Gasteiger partial charge in [-0.15, -0.1) is 0 Å². The zero-order chi connectivity index (χ0) is 14.7. The highest BCUT2D eigenvalue weighted by Gasteiger charge is 2.22. The molecule has 104 valence electrons. The zero-order valence-corrected chi connectivity index (χ0v) is 11.4. The molecule has 6 nitrogen and oxygen atoms in total. The maximum absolute atomic E-state index is 11.1. The van der Waals surface area contributed by atoms with Crippen LogP contribution in [0.3, 0.4) is 0 Å². The average molecular weight is 272 g/mol. The van der Waals surface area contributed by atoms with E-state index in [-0.39, 0.29) is 17.2 Å². The number of nitrogen functional groups attached to an aromatic ring is 1. The van der Waals surface area contributed by atoms with Crippen LogP contribution in [0.15, 0.2) is 30.6 Å². The van der Waals surface area contributed by atoms with Gasteiger partial charge in [0.2, 0.25) is 5.82 Å². The lowest BCUT2D eigenvalue weighted by Gasteiger charge is -2.08. The molecule has 6 heteroatoms. The monoisotopic (exact) mass is 272 g/mol. The van der Waals surface area contributed by atoms with Crippen LogP contribution in [0.25, 0.3) is 11.3 Å². The van der Waals surface area contributed by atoms with Crippen molar-refractivity contribution >= 4 is 11.5 Å². The fourth-order valence-corrected chi connectivity index (χ4v) is 2.10. The molecule has 2 aromatic rings. The first-order chi connectivity index (χ1) is 9.49. The topological polar surface area (TPSA) is 94.9 Å². The van der Waals surface area contributed by atoms with E-state index in [0.29, 0.717) is 11.5 Å². The molecule has 0 fully saturated rings. The number of hydrogen-bond acceptors (Lipinski definition) is 5. The molecule has 0 spiro atoms. The first-order valence-corrected chi connectivity index (χ1v) is 6.33. The number of nitrogens with two attached hydrogens (primary N) is 1. The van der Waals surface area contributed by atoms with Crippen LogP contribution in [0.4, 0.5) is 11.5 Å². The molecule has 0 amide bonds. The SMILES string of the molecule is CC(C)Cc1cccc(-c2ncnc(N)c2[N+](=O)[O-])c1. The van der Waals surface area contributed by atoms with Crippen molar-refractivity contribution in [2.75, 3.05) is 5.73 Å². The molecule has 2 rings (SSSR count). The highest BCUT2D eigenvalue weighted by Crippen LogP contribution is 2.31. The molecule has 0 aliphatic carbocycles. The van der Waals surface area contributed by atoms with Crippen LogP contribution in [0.5, 0.6) is 0 Å². The van der Waals surface area contributed by atoms with E-state index in [1.54, 1.807) is 6.07 Å². The molecule has 0 radical (unpaired) electrons. The second-order valence-electron chi connectivity index (χ2n) is 5.01. The second kappa shape index (κ2) is 5.64. The van der Waals surface area contributed by atoms with Crippen LogP contribution >= 0.6 is 0 Å². The van der Waals surface area contributed by atoms with Gasteiger partial charge in [-0.1, -0.05) is 32.0 Å². The maximum Gasteiger partial charge on any atom is 0.337 e. The minimum atomic E-state index is -0.542.